The molecule has 0 bridgehead atoms. The highest BCUT2D eigenvalue weighted by atomic mass is 31.3. The molecular weight excluding hydrogens is 436 g/mol. The van der Waals surface area contributed by atoms with E-state index in [9.17, 15) is 28.0 Å². The molecule has 1 fully saturated rings. The molecule has 0 amide bonds. The summed E-state index contributed by atoms with van der Waals surface area (Å²) >= 11 is 0. The molecular formula is C9H18N2O11P4. The Kier molecular flexibility index (Phi) is 6.67. The van der Waals surface area contributed by atoms with Gasteiger partial charge in [0, 0.05) is 12.4 Å². The lowest BCUT2D eigenvalue weighted by Gasteiger charge is -2.47. The van der Waals surface area contributed by atoms with Crippen molar-refractivity contribution in [1.82, 2.24) is 10.3 Å². The van der Waals surface area contributed by atoms with Gasteiger partial charge in [0.05, 0.1) is 0 Å². The molecule has 4 atom stereocenters. The number of aromatic nitrogens is 1. The fourth-order valence-electron chi connectivity index (χ4n) is 1.69. The summed E-state index contributed by atoms with van der Waals surface area (Å²) in [6, 6.07) is 5.72. The highest BCUT2D eigenvalue weighted by molar-refractivity contribution is 7.81. The normalized spacial score (nSPS) is 38.2. The minimum absolute atomic E-state index is 0.460. The predicted molar refractivity (Wildman–Crippen MR) is 89.0 cm³/mol. The van der Waals surface area contributed by atoms with Crippen LogP contribution in [0.5, 0.6) is 0 Å². The van der Waals surface area contributed by atoms with Gasteiger partial charge in [-0.1, -0.05) is 6.07 Å². The van der Waals surface area contributed by atoms with Gasteiger partial charge in [-0.3, -0.25) is 28.6 Å². The molecule has 150 valence electrons. The molecule has 1 aromatic rings. The van der Waals surface area contributed by atoms with E-state index in [-0.39, 0.29) is 0 Å². The van der Waals surface area contributed by atoms with Crippen molar-refractivity contribution in [2.75, 3.05) is 0 Å². The van der Waals surface area contributed by atoms with E-state index in [0.29, 0.717) is 13.8 Å². The fraction of sp³-hybridized carbons (Fsp3) is 0.444. The molecule has 1 saturated heterocycles. The van der Waals surface area contributed by atoms with Gasteiger partial charge in [-0.2, -0.15) is 0 Å². The Hall–Kier alpha value is -0.250. The molecule has 1 aliphatic heterocycles. The maximum Gasteiger partial charge on any atom is 0.367 e. The van der Waals surface area contributed by atoms with Gasteiger partial charge < -0.3 is 29.4 Å². The summed E-state index contributed by atoms with van der Waals surface area (Å²) < 4.78 is 50.1. The van der Waals surface area contributed by atoms with Crippen LogP contribution in [0.15, 0.2) is 30.6 Å². The van der Waals surface area contributed by atoms with Gasteiger partial charge in [0.1, 0.15) is 0 Å². The van der Waals surface area contributed by atoms with Crippen molar-refractivity contribution in [3.8, 4) is 0 Å². The van der Waals surface area contributed by atoms with Gasteiger partial charge in [0.25, 0.3) is 0 Å². The minimum atomic E-state index is -5.51. The van der Waals surface area contributed by atoms with E-state index < -0.39 is 40.4 Å². The Morgan fingerprint density at radius 3 is 1.42 bits per heavy atom. The van der Waals surface area contributed by atoms with Crippen LogP contribution in [0.3, 0.4) is 0 Å². The first-order chi connectivity index (χ1) is 11.4. The highest BCUT2D eigenvalue weighted by Crippen LogP contribution is 2.85. The second-order valence-electron chi connectivity index (χ2n) is 5.40. The van der Waals surface area contributed by atoms with Crippen LogP contribution in [0.2, 0.25) is 0 Å². The quantitative estimate of drug-likeness (QED) is 0.307. The Balaban J connectivity index is 0.000000472. The van der Waals surface area contributed by atoms with Crippen LogP contribution in [0.4, 0.5) is 0 Å². The lowest BCUT2D eigenvalue weighted by Crippen LogP contribution is -2.57. The molecule has 0 saturated carbocycles. The average Bonchev–Trinajstić information content (AvgIpc) is 2.44. The number of nitrogens with zero attached hydrogens (tertiary/aromatic N) is 1. The van der Waals surface area contributed by atoms with Gasteiger partial charge >= 0.3 is 30.4 Å². The predicted octanol–water partition coefficient (Wildman–Crippen LogP) is 0.761. The fourth-order valence-corrected chi connectivity index (χ4v) is 9.27. The molecule has 0 aromatic carbocycles. The molecule has 26 heavy (non-hydrogen) atoms. The van der Waals surface area contributed by atoms with E-state index in [1.807, 2.05) is 18.2 Å². The molecule has 2 rings (SSSR count). The van der Waals surface area contributed by atoms with E-state index in [1.54, 1.807) is 12.4 Å². The van der Waals surface area contributed by atoms with Gasteiger partial charge in [-0.25, -0.2) is 4.31 Å². The number of rotatable bonds is 2. The molecule has 1 aliphatic rings. The summed E-state index contributed by atoms with van der Waals surface area (Å²) in [4.78, 5) is 59.2. The Bertz CT molecular complexity index is 759. The first-order valence-corrected chi connectivity index (χ1v) is 12.9. The minimum Gasteiger partial charge on any atom is -0.323 e. The smallest absolute Gasteiger partial charge is 0.323 e. The van der Waals surface area contributed by atoms with Gasteiger partial charge in [0.2, 0.25) is 10.0 Å². The lowest BCUT2D eigenvalue weighted by molar-refractivity contribution is 0.227. The third-order valence-electron chi connectivity index (χ3n) is 3.50. The summed E-state index contributed by atoms with van der Waals surface area (Å²) in [6.45, 7) is 0.920. The summed E-state index contributed by atoms with van der Waals surface area (Å²) in [5, 5.41) is -4.83. The molecule has 0 aliphatic carbocycles. The van der Waals surface area contributed by atoms with Gasteiger partial charge in [-0.15, -0.1) is 0 Å². The van der Waals surface area contributed by atoms with Crippen LogP contribution in [-0.4, -0.2) is 44.4 Å². The highest BCUT2D eigenvalue weighted by Gasteiger charge is 2.74. The molecule has 0 radical (unpaired) electrons. The Morgan fingerprint density at radius 1 is 0.885 bits per heavy atom. The van der Waals surface area contributed by atoms with Crippen LogP contribution >= 0.6 is 30.4 Å². The number of hydrogen-bond donors (Lipinski definition) is 7. The summed E-state index contributed by atoms with van der Waals surface area (Å²) in [5.74, 6) is 0. The Labute approximate surface area is 147 Å². The standard InChI is InChI=1S/C5H5N.C4H13NO11P4/c1-2-4-6-5-3-1;1-3(17(6,7)8)5-4(2,18(9,10)11)20(14,15)16-19(3,12)13/h1-5H;5H,1-2H3,(H,12,13)(H,14,15)(H2,6,7,8)(H2,9,10,11). The molecule has 0 spiro atoms. The molecule has 17 heteroatoms. The zero-order valence-corrected chi connectivity index (χ0v) is 16.9. The van der Waals surface area contributed by atoms with Gasteiger partial charge in [-0.05, 0) is 26.0 Å². The SMILES string of the molecule is CC1(P(=O)(O)O)NC(C)(P(=O)(O)O)P(=O)(O)OP1(=O)O.c1ccncc1. The van der Waals surface area contributed by atoms with Crippen LogP contribution in [0.25, 0.3) is 0 Å². The van der Waals surface area contributed by atoms with Gasteiger partial charge in [0.15, 0.2) is 0 Å². The van der Waals surface area contributed by atoms with Crippen molar-refractivity contribution >= 4 is 30.4 Å². The summed E-state index contributed by atoms with van der Waals surface area (Å²) in [5.41, 5.74) is 0. The van der Waals surface area contributed by atoms with E-state index in [0.717, 1.165) is 0 Å². The largest absolute Gasteiger partial charge is 0.367 e. The monoisotopic (exact) mass is 454 g/mol. The molecule has 4 unspecified atom stereocenters. The first kappa shape index (κ1) is 23.8. The van der Waals surface area contributed by atoms with Crippen molar-refractivity contribution in [3.63, 3.8) is 0 Å². The summed E-state index contributed by atoms with van der Waals surface area (Å²) in [6.07, 6.45) is 3.50. The topological polar surface area (TPSA) is 224 Å². The summed E-state index contributed by atoms with van der Waals surface area (Å²) in [7, 11) is -21.9. The third kappa shape index (κ3) is 4.25. The third-order valence-corrected chi connectivity index (χ3v) is 13.3. The second-order valence-corrected chi connectivity index (χ2v) is 14.6. The lowest BCUT2D eigenvalue weighted by atomic mass is 10.5. The second kappa shape index (κ2) is 7.29. The van der Waals surface area contributed by atoms with E-state index in [1.165, 1.54) is 5.32 Å². The van der Waals surface area contributed by atoms with Crippen molar-refractivity contribution in [2.24, 2.45) is 0 Å². The van der Waals surface area contributed by atoms with E-state index >= 15 is 0 Å². The Morgan fingerprint density at radius 2 is 1.23 bits per heavy atom. The zero-order chi connectivity index (χ0) is 20.7. The molecule has 2 heterocycles. The molecule has 7 N–H and O–H groups in total. The van der Waals surface area contributed by atoms with Crippen LogP contribution < -0.4 is 5.32 Å². The van der Waals surface area contributed by atoms with E-state index in [4.69, 9.17) is 19.6 Å². The van der Waals surface area contributed by atoms with Crippen molar-refractivity contribution in [2.45, 2.75) is 23.9 Å². The number of nitrogens with one attached hydrogen (secondary N) is 1. The number of hydrogen-bond acceptors (Lipinski definition) is 7. The van der Waals surface area contributed by atoms with Crippen LogP contribution in [0.1, 0.15) is 13.8 Å². The number of pyridine rings is 1. The molecule has 1 aromatic heterocycles. The molecule has 13 nitrogen and oxygen atoms in total. The first-order valence-electron chi connectivity index (χ1n) is 6.54. The maximum atomic E-state index is 11.8. The van der Waals surface area contributed by atoms with Crippen molar-refractivity contribution in [3.05, 3.63) is 30.6 Å². The van der Waals surface area contributed by atoms with Crippen LogP contribution in [0, 0.1) is 0 Å². The van der Waals surface area contributed by atoms with Crippen molar-refractivity contribution < 1.29 is 51.9 Å². The maximum absolute atomic E-state index is 11.8. The van der Waals surface area contributed by atoms with Crippen LogP contribution in [-0.2, 0) is 22.6 Å². The van der Waals surface area contributed by atoms with E-state index in [2.05, 4.69) is 9.29 Å². The van der Waals surface area contributed by atoms with Crippen molar-refractivity contribution in [1.29, 1.82) is 0 Å². The zero-order valence-electron chi connectivity index (χ0n) is 13.3. The average molecular weight is 454 g/mol.